The second-order valence-corrected chi connectivity index (χ2v) is 8.40. The van der Waals surface area contributed by atoms with Crippen molar-refractivity contribution < 1.29 is 4.79 Å². The zero-order chi connectivity index (χ0) is 22.9. The van der Waals surface area contributed by atoms with Crippen LogP contribution < -0.4 is 11.1 Å². The number of para-hydroxylation sites is 2. The smallest absolute Gasteiger partial charge is 0.257 e. The second kappa shape index (κ2) is 8.56. The summed E-state index contributed by atoms with van der Waals surface area (Å²) in [4.78, 5) is 22.8. The molecule has 0 saturated heterocycles. The monoisotopic (exact) mass is 455 g/mol. The van der Waals surface area contributed by atoms with Crippen LogP contribution in [0.5, 0.6) is 0 Å². The first-order valence-corrected chi connectivity index (χ1v) is 11.0. The van der Waals surface area contributed by atoms with E-state index < -0.39 is 0 Å². The number of nitrogen functional groups attached to an aromatic ring is 1. The Morgan fingerprint density at radius 2 is 1.64 bits per heavy atom. The fraction of sp³-hybridized carbons (Fsp3) is 0.115. The maximum Gasteiger partial charge on any atom is 0.257 e. The summed E-state index contributed by atoms with van der Waals surface area (Å²) < 4.78 is 1.80. The molecule has 0 saturated carbocycles. The summed E-state index contributed by atoms with van der Waals surface area (Å²) in [6, 6.07) is 23.1. The Labute approximate surface area is 196 Å². The van der Waals surface area contributed by atoms with Gasteiger partial charge in [0.05, 0.1) is 17.6 Å². The average molecular weight is 456 g/mol. The van der Waals surface area contributed by atoms with Gasteiger partial charge in [-0.25, -0.2) is 9.97 Å². The summed E-state index contributed by atoms with van der Waals surface area (Å²) in [5.41, 5.74) is 12.4. The van der Waals surface area contributed by atoms with Gasteiger partial charge in [-0.15, -0.1) is 0 Å². The molecule has 2 aromatic heterocycles. The Morgan fingerprint density at radius 3 is 2.36 bits per heavy atom. The highest BCUT2D eigenvalue weighted by molar-refractivity contribution is 6.31. The van der Waals surface area contributed by atoms with Crippen LogP contribution in [0.1, 0.15) is 27.0 Å². The van der Waals surface area contributed by atoms with Crippen LogP contribution in [-0.4, -0.2) is 20.4 Å². The third-order valence-corrected chi connectivity index (χ3v) is 6.05. The number of fused-ring (bicyclic) bond motifs is 2. The van der Waals surface area contributed by atoms with E-state index in [2.05, 4.69) is 5.32 Å². The van der Waals surface area contributed by atoms with E-state index in [0.717, 1.165) is 16.6 Å². The molecule has 0 unspecified atom stereocenters. The molecule has 1 amide bonds. The number of benzene rings is 3. The van der Waals surface area contributed by atoms with Crippen molar-refractivity contribution >= 4 is 45.5 Å². The molecule has 0 spiro atoms. The molecule has 0 bridgehead atoms. The van der Waals surface area contributed by atoms with Crippen molar-refractivity contribution in [3.63, 3.8) is 0 Å². The van der Waals surface area contributed by atoms with E-state index in [1.807, 2.05) is 79.7 Å². The van der Waals surface area contributed by atoms with Gasteiger partial charge in [0, 0.05) is 11.6 Å². The van der Waals surface area contributed by atoms with Gasteiger partial charge in [0.2, 0.25) is 0 Å². The van der Waals surface area contributed by atoms with Gasteiger partial charge in [-0.2, -0.15) is 0 Å². The van der Waals surface area contributed by atoms with Crippen molar-refractivity contribution in [3.8, 4) is 0 Å². The van der Waals surface area contributed by atoms with Gasteiger partial charge in [-0.1, -0.05) is 71.8 Å². The number of rotatable bonds is 5. The number of halogens is 1. The molecule has 0 aliphatic rings. The molecule has 0 atom stereocenters. The van der Waals surface area contributed by atoms with Crippen molar-refractivity contribution in [2.75, 3.05) is 5.73 Å². The molecule has 0 fully saturated rings. The number of nitrogens with one attached hydrogen (secondary N) is 1. The van der Waals surface area contributed by atoms with Crippen LogP contribution in [0, 0.1) is 6.92 Å². The first-order chi connectivity index (χ1) is 16.0. The molecule has 5 aromatic rings. The van der Waals surface area contributed by atoms with Gasteiger partial charge >= 0.3 is 0 Å². The SMILES string of the molecule is Cc1ccc(CNC(=O)c2c(N)n(Cc3ccccc3Cl)c3nc4ccccc4nc23)cc1. The van der Waals surface area contributed by atoms with Crippen molar-refractivity contribution in [1.82, 2.24) is 19.9 Å². The quantitative estimate of drug-likeness (QED) is 0.385. The third kappa shape index (κ3) is 4.01. The zero-order valence-corrected chi connectivity index (χ0v) is 18.8. The van der Waals surface area contributed by atoms with E-state index >= 15 is 0 Å². The molecule has 5 rings (SSSR count). The number of aryl methyl sites for hydroxylation is 1. The lowest BCUT2D eigenvalue weighted by Gasteiger charge is -2.10. The number of carbonyl (C=O) groups excluding carboxylic acids is 1. The molecule has 0 radical (unpaired) electrons. The Bertz CT molecular complexity index is 1490. The highest BCUT2D eigenvalue weighted by Gasteiger charge is 2.24. The minimum absolute atomic E-state index is 0.291. The number of nitrogens with zero attached hydrogens (tertiary/aromatic N) is 3. The number of carbonyl (C=O) groups is 1. The standard InChI is InChI=1S/C26H22ClN5O/c1-16-10-12-17(13-11-16)14-29-26(33)22-23-25(31-21-9-5-4-8-20(21)30-23)32(24(22)28)15-18-6-2-3-7-19(18)27/h2-13H,14-15,28H2,1H3,(H,29,33). The number of nitrogens with two attached hydrogens (primary N) is 1. The van der Waals surface area contributed by atoms with Crippen LogP contribution in [0.4, 0.5) is 5.82 Å². The number of anilines is 1. The van der Waals surface area contributed by atoms with Crippen LogP contribution in [-0.2, 0) is 13.1 Å². The summed E-state index contributed by atoms with van der Waals surface area (Å²) in [6.07, 6.45) is 0. The first-order valence-electron chi connectivity index (χ1n) is 10.6. The molecular formula is C26H22ClN5O. The zero-order valence-electron chi connectivity index (χ0n) is 18.0. The fourth-order valence-corrected chi connectivity index (χ4v) is 4.07. The van der Waals surface area contributed by atoms with E-state index in [1.165, 1.54) is 5.56 Å². The number of hydrogen-bond acceptors (Lipinski definition) is 4. The molecule has 164 valence electrons. The van der Waals surface area contributed by atoms with Gasteiger partial charge in [0.25, 0.3) is 5.91 Å². The van der Waals surface area contributed by atoms with E-state index in [4.69, 9.17) is 27.3 Å². The Kier molecular flexibility index (Phi) is 5.44. The Hall–Kier alpha value is -3.90. The minimum atomic E-state index is -0.291. The second-order valence-electron chi connectivity index (χ2n) is 7.99. The molecule has 3 aromatic carbocycles. The maximum atomic E-state index is 13.3. The fourth-order valence-electron chi connectivity index (χ4n) is 3.87. The molecular weight excluding hydrogens is 434 g/mol. The molecule has 2 heterocycles. The van der Waals surface area contributed by atoms with Crippen LogP contribution >= 0.6 is 11.6 Å². The highest BCUT2D eigenvalue weighted by atomic mass is 35.5. The molecule has 6 nitrogen and oxygen atoms in total. The maximum absolute atomic E-state index is 13.3. The van der Waals surface area contributed by atoms with E-state index in [9.17, 15) is 4.79 Å². The van der Waals surface area contributed by atoms with Gasteiger partial charge in [0.15, 0.2) is 5.65 Å². The van der Waals surface area contributed by atoms with Gasteiger partial charge < -0.3 is 15.6 Å². The van der Waals surface area contributed by atoms with Crippen molar-refractivity contribution in [1.29, 1.82) is 0 Å². The van der Waals surface area contributed by atoms with Crippen LogP contribution in [0.2, 0.25) is 5.02 Å². The Balaban J connectivity index is 1.60. The number of hydrogen-bond donors (Lipinski definition) is 2. The summed E-state index contributed by atoms with van der Waals surface area (Å²) >= 11 is 6.40. The molecule has 0 aliphatic heterocycles. The normalized spacial score (nSPS) is 11.2. The third-order valence-electron chi connectivity index (χ3n) is 5.68. The van der Waals surface area contributed by atoms with E-state index in [-0.39, 0.29) is 5.91 Å². The predicted molar refractivity (Wildman–Crippen MR) is 132 cm³/mol. The van der Waals surface area contributed by atoms with Crippen LogP contribution in [0.3, 0.4) is 0 Å². The van der Waals surface area contributed by atoms with Crippen LogP contribution in [0.25, 0.3) is 22.2 Å². The lowest BCUT2D eigenvalue weighted by atomic mass is 10.1. The van der Waals surface area contributed by atoms with Crippen LogP contribution in [0.15, 0.2) is 72.8 Å². The van der Waals surface area contributed by atoms with Crippen molar-refractivity contribution in [3.05, 3.63) is 100 Å². The molecule has 7 heteroatoms. The van der Waals surface area contributed by atoms with Gasteiger partial charge in [0.1, 0.15) is 16.9 Å². The average Bonchev–Trinajstić information content (AvgIpc) is 3.08. The Morgan fingerprint density at radius 1 is 0.970 bits per heavy atom. The molecule has 3 N–H and O–H groups in total. The summed E-state index contributed by atoms with van der Waals surface area (Å²) in [5.74, 6) is 0.0159. The number of aromatic nitrogens is 3. The molecule has 0 aliphatic carbocycles. The largest absolute Gasteiger partial charge is 0.384 e. The lowest BCUT2D eigenvalue weighted by molar-refractivity contribution is 0.0953. The van der Waals surface area contributed by atoms with E-state index in [1.54, 1.807) is 4.57 Å². The van der Waals surface area contributed by atoms with E-state index in [0.29, 0.717) is 46.2 Å². The topological polar surface area (TPSA) is 85.8 Å². The van der Waals surface area contributed by atoms with Gasteiger partial charge in [-0.3, -0.25) is 4.79 Å². The molecule has 33 heavy (non-hydrogen) atoms. The lowest BCUT2D eigenvalue weighted by Crippen LogP contribution is -2.24. The highest BCUT2D eigenvalue weighted by Crippen LogP contribution is 2.30. The summed E-state index contributed by atoms with van der Waals surface area (Å²) in [6.45, 7) is 2.79. The van der Waals surface area contributed by atoms with Crippen molar-refractivity contribution in [2.24, 2.45) is 0 Å². The number of amides is 1. The first kappa shape index (κ1) is 21.0. The predicted octanol–water partition coefficient (Wildman–Crippen LogP) is 5.11. The van der Waals surface area contributed by atoms with Crippen molar-refractivity contribution in [2.45, 2.75) is 20.0 Å². The summed E-state index contributed by atoms with van der Waals surface area (Å²) in [5, 5.41) is 3.60. The van der Waals surface area contributed by atoms with Gasteiger partial charge in [-0.05, 0) is 36.2 Å². The summed E-state index contributed by atoms with van der Waals surface area (Å²) in [7, 11) is 0. The minimum Gasteiger partial charge on any atom is -0.384 e.